The van der Waals surface area contributed by atoms with Gasteiger partial charge in [-0.1, -0.05) is 18.2 Å². The Labute approximate surface area is 240 Å². The number of rotatable bonds is 10. The van der Waals surface area contributed by atoms with Crippen molar-refractivity contribution in [2.75, 3.05) is 43.6 Å². The van der Waals surface area contributed by atoms with E-state index >= 15 is 0 Å². The highest BCUT2D eigenvalue weighted by atomic mass is 16.5. The van der Waals surface area contributed by atoms with Crippen molar-refractivity contribution in [3.8, 4) is 23.1 Å². The van der Waals surface area contributed by atoms with Crippen molar-refractivity contribution in [3.63, 3.8) is 0 Å². The highest BCUT2D eigenvalue weighted by molar-refractivity contribution is 5.83. The van der Waals surface area contributed by atoms with Gasteiger partial charge in [-0.05, 0) is 80.4 Å². The molecule has 41 heavy (non-hydrogen) atoms. The summed E-state index contributed by atoms with van der Waals surface area (Å²) in [6, 6.07) is 21.7. The van der Waals surface area contributed by atoms with E-state index in [2.05, 4.69) is 37.3 Å². The van der Waals surface area contributed by atoms with Crippen molar-refractivity contribution in [2.45, 2.75) is 26.9 Å². The van der Waals surface area contributed by atoms with Crippen LogP contribution in [0.15, 0.2) is 77.9 Å². The predicted octanol–water partition coefficient (Wildman–Crippen LogP) is 6.70. The maximum Gasteiger partial charge on any atom is 0.250 e. The fraction of sp³-hybridized carbons (Fsp3) is 0.281. The van der Waals surface area contributed by atoms with E-state index in [1.54, 1.807) is 19.5 Å². The van der Waals surface area contributed by atoms with Gasteiger partial charge in [-0.25, -0.2) is 9.98 Å². The summed E-state index contributed by atoms with van der Waals surface area (Å²) in [6.07, 6.45) is 3.46. The van der Waals surface area contributed by atoms with Crippen LogP contribution in [0.5, 0.6) is 23.1 Å². The van der Waals surface area contributed by atoms with E-state index in [1.165, 1.54) is 0 Å². The Bertz CT molecular complexity index is 1480. The van der Waals surface area contributed by atoms with E-state index in [-0.39, 0.29) is 6.10 Å². The van der Waals surface area contributed by atoms with Gasteiger partial charge < -0.3 is 29.2 Å². The summed E-state index contributed by atoms with van der Waals surface area (Å²) in [5.74, 6) is 2.59. The van der Waals surface area contributed by atoms with Crippen LogP contribution in [0.4, 0.5) is 23.0 Å². The standard InChI is InChI=1S/C32H35N5O4/c1-22(2)40-27-7-5-6-24(19-27)20-33-28-21-34-32(36-31(28)41-29-13-8-23(3)18-30(29)38-4)35-25-9-11-26(12-10-25)37-14-16-39-17-15-37/h5-13,18-22H,14-17H2,1-4H3,(H,34,35,36). The summed E-state index contributed by atoms with van der Waals surface area (Å²) < 4.78 is 23.1. The van der Waals surface area contributed by atoms with Crippen LogP contribution in [0.3, 0.4) is 0 Å². The lowest BCUT2D eigenvalue weighted by Crippen LogP contribution is -2.36. The molecule has 9 nitrogen and oxygen atoms in total. The summed E-state index contributed by atoms with van der Waals surface area (Å²) in [4.78, 5) is 16.2. The number of aliphatic imine (C=N–C) groups is 1. The molecule has 0 amide bonds. The second kappa shape index (κ2) is 13.1. The largest absolute Gasteiger partial charge is 0.493 e. The van der Waals surface area contributed by atoms with E-state index in [0.717, 1.165) is 54.6 Å². The zero-order valence-corrected chi connectivity index (χ0v) is 23.8. The molecule has 0 unspecified atom stereocenters. The fourth-order valence-electron chi connectivity index (χ4n) is 4.34. The van der Waals surface area contributed by atoms with E-state index < -0.39 is 0 Å². The maximum atomic E-state index is 6.26. The van der Waals surface area contributed by atoms with Gasteiger partial charge in [-0.3, -0.25) is 0 Å². The number of nitrogens with one attached hydrogen (secondary N) is 1. The van der Waals surface area contributed by atoms with Crippen molar-refractivity contribution in [3.05, 3.63) is 84.1 Å². The van der Waals surface area contributed by atoms with Gasteiger partial charge >= 0.3 is 0 Å². The third-order valence-corrected chi connectivity index (χ3v) is 6.34. The highest BCUT2D eigenvalue weighted by Gasteiger charge is 2.14. The minimum atomic E-state index is 0.0793. The molecule has 1 aliphatic heterocycles. The molecule has 1 N–H and O–H groups in total. The molecule has 9 heteroatoms. The number of benzene rings is 3. The number of hydrogen-bond donors (Lipinski definition) is 1. The molecule has 4 aromatic rings. The molecule has 0 spiro atoms. The lowest BCUT2D eigenvalue weighted by molar-refractivity contribution is 0.122. The van der Waals surface area contributed by atoms with Gasteiger partial charge in [0.15, 0.2) is 11.5 Å². The van der Waals surface area contributed by atoms with Crippen molar-refractivity contribution in [1.29, 1.82) is 0 Å². The molecular formula is C32H35N5O4. The molecule has 0 aliphatic carbocycles. The Kier molecular flexibility index (Phi) is 8.95. The quantitative estimate of drug-likeness (QED) is 0.217. The van der Waals surface area contributed by atoms with Crippen LogP contribution < -0.4 is 24.4 Å². The predicted molar refractivity (Wildman–Crippen MR) is 162 cm³/mol. The molecule has 212 valence electrons. The number of methoxy groups -OCH3 is 1. The van der Waals surface area contributed by atoms with Crippen LogP contribution in [0.1, 0.15) is 25.0 Å². The average molecular weight is 554 g/mol. The summed E-state index contributed by atoms with van der Waals surface area (Å²) in [5.41, 5.74) is 4.42. The fourth-order valence-corrected chi connectivity index (χ4v) is 4.34. The van der Waals surface area contributed by atoms with Gasteiger partial charge in [0.1, 0.15) is 11.4 Å². The smallest absolute Gasteiger partial charge is 0.250 e. The van der Waals surface area contributed by atoms with Gasteiger partial charge in [0.2, 0.25) is 5.95 Å². The molecule has 0 saturated carbocycles. The van der Waals surface area contributed by atoms with Crippen molar-refractivity contribution in [1.82, 2.24) is 9.97 Å². The number of morpholine rings is 1. The Hall–Kier alpha value is -4.63. The molecule has 5 rings (SSSR count). The van der Waals surface area contributed by atoms with Crippen LogP contribution in [-0.2, 0) is 4.74 Å². The van der Waals surface area contributed by atoms with E-state index in [9.17, 15) is 0 Å². The SMILES string of the molecule is COc1cc(C)ccc1Oc1nc(Nc2ccc(N3CCOCC3)cc2)ncc1N=Cc1cccc(OC(C)C)c1. The second-order valence-corrected chi connectivity index (χ2v) is 9.91. The maximum absolute atomic E-state index is 6.26. The first-order chi connectivity index (χ1) is 20.0. The molecule has 1 saturated heterocycles. The Morgan fingerprint density at radius 3 is 2.56 bits per heavy atom. The third-order valence-electron chi connectivity index (χ3n) is 6.34. The summed E-state index contributed by atoms with van der Waals surface area (Å²) in [7, 11) is 1.61. The van der Waals surface area contributed by atoms with Crippen LogP contribution in [0, 0.1) is 6.92 Å². The normalized spacial score (nSPS) is 13.4. The number of hydrogen-bond acceptors (Lipinski definition) is 9. The molecule has 0 bridgehead atoms. The van der Waals surface area contributed by atoms with Crippen LogP contribution in [0.2, 0.25) is 0 Å². The van der Waals surface area contributed by atoms with Gasteiger partial charge in [0.25, 0.3) is 5.88 Å². The summed E-state index contributed by atoms with van der Waals surface area (Å²) in [5, 5.41) is 3.28. The summed E-state index contributed by atoms with van der Waals surface area (Å²) in [6.45, 7) is 9.25. The molecule has 0 radical (unpaired) electrons. The topological polar surface area (TPSA) is 90.3 Å². The van der Waals surface area contributed by atoms with Gasteiger partial charge in [-0.15, -0.1) is 0 Å². The first-order valence-corrected chi connectivity index (χ1v) is 13.7. The van der Waals surface area contributed by atoms with Crippen LogP contribution in [-0.4, -0.2) is 55.7 Å². The Morgan fingerprint density at radius 2 is 1.80 bits per heavy atom. The van der Waals surface area contributed by atoms with E-state index in [1.807, 2.05) is 75.4 Å². The van der Waals surface area contributed by atoms with Gasteiger partial charge in [-0.2, -0.15) is 4.98 Å². The molecule has 3 aromatic carbocycles. The first-order valence-electron chi connectivity index (χ1n) is 13.7. The number of anilines is 3. The monoisotopic (exact) mass is 553 g/mol. The summed E-state index contributed by atoms with van der Waals surface area (Å²) >= 11 is 0. The number of aryl methyl sites for hydroxylation is 1. The van der Waals surface area contributed by atoms with Crippen molar-refractivity contribution in [2.24, 2.45) is 4.99 Å². The van der Waals surface area contributed by atoms with E-state index in [0.29, 0.717) is 29.0 Å². The Morgan fingerprint density at radius 1 is 1.00 bits per heavy atom. The van der Waals surface area contributed by atoms with Crippen molar-refractivity contribution < 1.29 is 18.9 Å². The minimum absolute atomic E-state index is 0.0793. The number of aromatic nitrogens is 2. The zero-order chi connectivity index (χ0) is 28.6. The first kappa shape index (κ1) is 27.9. The van der Waals surface area contributed by atoms with E-state index in [4.69, 9.17) is 18.9 Å². The third kappa shape index (κ3) is 7.52. The molecule has 1 aromatic heterocycles. The second-order valence-electron chi connectivity index (χ2n) is 9.91. The highest BCUT2D eigenvalue weighted by Crippen LogP contribution is 2.36. The minimum Gasteiger partial charge on any atom is -0.493 e. The van der Waals surface area contributed by atoms with Gasteiger partial charge in [0.05, 0.1) is 32.6 Å². The molecule has 0 atom stereocenters. The average Bonchev–Trinajstić information content (AvgIpc) is 2.98. The lowest BCUT2D eigenvalue weighted by Gasteiger charge is -2.28. The van der Waals surface area contributed by atoms with Gasteiger partial charge in [0, 0.05) is 30.7 Å². The molecule has 1 aliphatic rings. The lowest BCUT2D eigenvalue weighted by atomic mass is 10.2. The Balaban J connectivity index is 1.41. The van der Waals surface area contributed by atoms with Crippen molar-refractivity contribution >= 4 is 29.2 Å². The zero-order valence-electron chi connectivity index (χ0n) is 23.8. The number of nitrogens with zero attached hydrogens (tertiary/aromatic N) is 4. The molecule has 1 fully saturated rings. The molecular weight excluding hydrogens is 518 g/mol. The number of ether oxygens (including phenoxy) is 4. The van der Waals surface area contributed by atoms with Crippen LogP contribution >= 0.6 is 0 Å². The van der Waals surface area contributed by atoms with Crippen LogP contribution in [0.25, 0.3) is 0 Å². The molecule has 2 heterocycles.